The third-order valence-electron chi connectivity index (χ3n) is 1.29. The molecule has 0 atom stereocenters. The summed E-state index contributed by atoms with van der Waals surface area (Å²) in [6.45, 7) is 4.18. The first kappa shape index (κ1) is 7.84. The Morgan fingerprint density at radius 1 is 1.27 bits per heavy atom. The van der Waals surface area contributed by atoms with E-state index in [0.717, 1.165) is 11.1 Å². The van der Waals surface area contributed by atoms with Crippen LogP contribution in [0.3, 0.4) is 0 Å². The first-order chi connectivity index (χ1) is 5.33. The minimum Gasteiger partial charge on any atom is -0.320 e. The summed E-state index contributed by atoms with van der Waals surface area (Å²) in [6.07, 6.45) is 0. The molecule has 0 unspecified atom stereocenters. The van der Waals surface area contributed by atoms with Gasteiger partial charge in [-0.15, -0.1) is 0 Å². The molecule has 0 aliphatic heterocycles. The number of benzene rings is 1. The lowest BCUT2D eigenvalue weighted by Crippen LogP contribution is -1.92. The topological polar surface area (TPSA) is 26.0 Å². The molecule has 1 aromatic rings. The van der Waals surface area contributed by atoms with Crippen molar-refractivity contribution in [1.29, 1.82) is 0 Å². The van der Waals surface area contributed by atoms with Crippen LogP contribution in [0.25, 0.3) is 0 Å². The molecule has 0 spiro atoms. The Labute approximate surface area is 67.2 Å². The predicted molar refractivity (Wildman–Crippen MR) is 46.8 cm³/mol. The molecular weight excluding hydrogens is 134 g/mol. The van der Waals surface area contributed by atoms with Crippen molar-refractivity contribution in [3.8, 4) is 11.8 Å². The van der Waals surface area contributed by atoms with Crippen molar-refractivity contribution in [3.63, 3.8) is 0 Å². The maximum Gasteiger partial charge on any atom is 0.0555 e. The monoisotopic (exact) mass is 144 g/mol. The highest BCUT2D eigenvalue weighted by Gasteiger charge is 1.84. The predicted octanol–water partition coefficient (Wildman–Crippen LogP) is 1.18. The smallest absolute Gasteiger partial charge is 0.0555 e. The van der Waals surface area contributed by atoms with E-state index in [1.165, 1.54) is 0 Å². The van der Waals surface area contributed by atoms with Gasteiger partial charge in [-0.25, -0.2) is 0 Å². The average Bonchev–Trinajstić information content (AvgIpc) is 2.04. The van der Waals surface area contributed by atoms with Gasteiger partial charge in [0.25, 0.3) is 0 Å². The Kier molecular flexibility index (Phi) is 2.71. The number of hydrogen-bond acceptors (Lipinski definition) is 1. The van der Waals surface area contributed by atoms with Crippen LogP contribution in [0.15, 0.2) is 24.3 Å². The molecule has 1 heteroatoms. The molecule has 11 heavy (non-hydrogen) atoms. The highest BCUT2D eigenvalue weighted by Crippen LogP contribution is 2.00. The van der Waals surface area contributed by atoms with Crippen LogP contribution in [0.1, 0.15) is 11.1 Å². The lowest BCUT2D eigenvalue weighted by Gasteiger charge is -1.90. The summed E-state index contributed by atoms with van der Waals surface area (Å²) in [4.78, 5) is 0. The first-order valence-corrected chi connectivity index (χ1v) is 3.44. The fourth-order valence-electron chi connectivity index (χ4n) is 0.741. The van der Waals surface area contributed by atoms with Gasteiger partial charge in [0, 0.05) is 5.56 Å². The molecule has 0 amide bonds. The van der Waals surface area contributed by atoms with E-state index in [1.807, 2.05) is 24.3 Å². The van der Waals surface area contributed by atoms with E-state index < -0.39 is 0 Å². The number of nitrogens with two attached hydrogens (primary N) is 1. The molecule has 2 N–H and O–H groups in total. The highest BCUT2D eigenvalue weighted by molar-refractivity contribution is 5.36. The molecule has 1 radical (unpaired) electrons. The van der Waals surface area contributed by atoms with Crippen molar-refractivity contribution in [2.75, 3.05) is 6.54 Å². The summed E-state index contributed by atoms with van der Waals surface area (Å²) in [5.41, 5.74) is 7.21. The van der Waals surface area contributed by atoms with Gasteiger partial charge >= 0.3 is 0 Å². The summed E-state index contributed by atoms with van der Waals surface area (Å²) in [5, 5.41) is 0. The average molecular weight is 144 g/mol. The summed E-state index contributed by atoms with van der Waals surface area (Å²) in [7, 11) is 0. The zero-order valence-corrected chi connectivity index (χ0v) is 6.30. The van der Waals surface area contributed by atoms with Gasteiger partial charge in [0.1, 0.15) is 0 Å². The molecule has 1 aromatic carbocycles. The van der Waals surface area contributed by atoms with E-state index in [0.29, 0.717) is 6.54 Å². The molecule has 0 saturated heterocycles. The van der Waals surface area contributed by atoms with Gasteiger partial charge in [-0.3, -0.25) is 0 Å². The Morgan fingerprint density at radius 3 is 2.45 bits per heavy atom. The Hall–Kier alpha value is -1.26. The van der Waals surface area contributed by atoms with Crippen molar-refractivity contribution in [1.82, 2.24) is 0 Å². The van der Waals surface area contributed by atoms with E-state index in [-0.39, 0.29) is 0 Å². The Balaban J connectivity index is 2.82. The van der Waals surface area contributed by atoms with Gasteiger partial charge in [0.05, 0.1) is 6.54 Å². The van der Waals surface area contributed by atoms with Crippen molar-refractivity contribution in [2.45, 2.75) is 0 Å². The van der Waals surface area contributed by atoms with Gasteiger partial charge < -0.3 is 5.73 Å². The van der Waals surface area contributed by atoms with Gasteiger partial charge in [0.2, 0.25) is 0 Å². The van der Waals surface area contributed by atoms with Crippen LogP contribution in [-0.4, -0.2) is 6.54 Å². The van der Waals surface area contributed by atoms with Crippen LogP contribution in [0.2, 0.25) is 0 Å². The van der Waals surface area contributed by atoms with Crippen LogP contribution in [-0.2, 0) is 0 Å². The van der Waals surface area contributed by atoms with E-state index in [9.17, 15) is 0 Å². The maximum absolute atomic E-state index is 5.22. The molecule has 0 aliphatic carbocycles. The molecule has 0 saturated carbocycles. The van der Waals surface area contributed by atoms with Crippen LogP contribution < -0.4 is 5.73 Å². The van der Waals surface area contributed by atoms with E-state index in [2.05, 4.69) is 18.8 Å². The number of hydrogen-bond donors (Lipinski definition) is 1. The maximum atomic E-state index is 5.22. The third kappa shape index (κ3) is 2.45. The fourth-order valence-corrected chi connectivity index (χ4v) is 0.741. The lowest BCUT2D eigenvalue weighted by molar-refractivity contribution is 1.30. The van der Waals surface area contributed by atoms with Gasteiger partial charge in [0.15, 0.2) is 0 Å². The van der Waals surface area contributed by atoms with E-state index in [4.69, 9.17) is 5.73 Å². The Bertz CT molecular complexity index is 274. The minimum absolute atomic E-state index is 0.409. The second kappa shape index (κ2) is 3.80. The second-order valence-electron chi connectivity index (χ2n) is 2.20. The summed E-state index contributed by atoms with van der Waals surface area (Å²) >= 11 is 0. The SMILES string of the molecule is [CH2]c1ccc(C#CCN)cc1. The molecule has 55 valence electrons. The van der Waals surface area contributed by atoms with E-state index >= 15 is 0 Å². The Morgan fingerprint density at radius 2 is 1.91 bits per heavy atom. The molecule has 0 bridgehead atoms. The summed E-state index contributed by atoms with van der Waals surface area (Å²) in [5.74, 6) is 5.71. The van der Waals surface area contributed by atoms with Crippen molar-refractivity contribution in [2.24, 2.45) is 5.73 Å². The molecule has 0 heterocycles. The number of rotatable bonds is 0. The summed E-state index contributed by atoms with van der Waals surface area (Å²) < 4.78 is 0. The molecular formula is C10H10N. The summed E-state index contributed by atoms with van der Waals surface area (Å²) in [6, 6.07) is 7.73. The van der Waals surface area contributed by atoms with Gasteiger partial charge in [-0.05, 0) is 24.6 Å². The zero-order chi connectivity index (χ0) is 8.10. The minimum atomic E-state index is 0.409. The van der Waals surface area contributed by atoms with Gasteiger partial charge in [-0.1, -0.05) is 24.0 Å². The van der Waals surface area contributed by atoms with Crippen LogP contribution in [0, 0.1) is 18.8 Å². The van der Waals surface area contributed by atoms with Crippen LogP contribution in [0.4, 0.5) is 0 Å². The molecule has 1 nitrogen and oxygen atoms in total. The van der Waals surface area contributed by atoms with Crippen LogP contribution >= 0.6 is 0 Å². The normalized spacial score (nSPS) is 8.55. The lowest BCUT2D eigenvalue weighted by atomic mass is 10.2. The fraction of sp³-hybridized carbons (Fsp3) is 0.100. The van der Waals surface area contributed by atoms with Crippen LogP contribution in [0.5, 0.6) is 0 Å². The largest absolute Gasteiger partial charge is 0.320 e. The van der Waals surface area contributed by atoms with Gasteiger partial charge in [-0.2, -0.15) is 0 Å². The van der Waals surface area contributed by atoms with Crippen molar-refractivity contribution in [3.05, 3.63) is 42.3 Å². The highest BCUT2D eigenvalue weighted by atomic mass is 14.5. The molecule has 0 aromatic heterocycles. The van der Waals surface area contributed by atoms with Crippen molar-refractivity contribution < 1.29 is 0 Å². The van der Waals surface area contributed by atoms with Crippen molar-refractivity contribution >= 4 is 0 Å². The second-order valence-corrected chi connectivity index (χ2v) is 2.20. The quantitative estimate of drug-likeness (QED) is 0.544. The third-order valence-corrected chi connectivity index (χ3v) is 1.29. The molecule has 1 rings (SSSR count). The molecule has 0 fully saturated rings. The standard InChI is InChI=1S/C10H10N/c1-9-4-6-10(7-5-9)3-2-8-11/h4-7H,1,8,11H2. The molecule has 0 aliphatic rings. The van der Waals surface area contributed by atoms with E-state index in [1.54, 1.807) is 0 Å². The zero-order valence-electron chi connectivity index (χ0n) is 6.30. The first-order valence-electron chi connectivity index (χ1n) is 3.44.